The number of pyridine rings is 1. The van der Waals surface area contributed by atoms with Crippen LogP contribution >= 0.6 is 0 Å². The number of methoxy groups -OCH3 is 1. The van der Waals surface area contributed by atoms with Crippen LogP contribution in [0.1, 0.15) is 47.4 Å². The van der Waals surface area contributed by atoms with Crippen LogP contribution in [-0.2, 0) is 14.3 Å². The van der Waals surface area contributed by atoms with Gasteiger partial charge in [-0.3, -0.25) is 19.4 Å². The summed E-state index contributed by atoms with van der Waals surface area (Å²) in [5, 5.41) is 0. The van der Waals surface area contributed by atoms with Gasteiger partial charge in [0, 0.05) is 64.9 Å². The second kappa shape index (κ2) is 9.35. The minimum Gasteiger partial charge on any atom is -0.375 e. The van der Waals surface area contributed by atoms with Crippen LogP contribution in [0.25, 0.3) is 0 Å². The Morgan fingerprint density at radius 3 is 2.21 bits per heavy atom. The standard InChI is InChI=1S/C21H30N4O4/c1-15-4-5-18(21(28)25-12-10-23(11-13-25)16(2)26)20(22-15)17-6-8-24(9-7-17)19(27)14-29-3/h4-5,17H,6-14H2,1-3H3. The highest BCUT2D eigenvalue weighted by Crippen LogP contribution is 2.30. The number of rotatable bonds is 4. The van der Waals surface area contributed by atoms with E-state index in [0.717, 1.165) is 24.2 Å². The Kier molecular flexibility index (Phi) is 6.84. The van der Waals surface area contributed by atoms with E-state index in [-0.39, 0.29) is 30.2 Å². The van der Waals surface area contributed by atoms with Crippen molar-refractivity contribution in [1.29, 1.82) is 0 Å². The summed E-state index contributed by atoms with van der Waals surface area (Å²) in [6, 6.07) is 3.75. The predicted octanol–water partition coefficient (Wildman–Crippen LogP) is 1.05. The number of ether oxygens (including phenoxy) is 1. The van der Waals surface area contributed by atoms with Gasteiger partial charge in [0.2, 0.25) is 11.8 Å². The topological polar surface area (TPSA) is 83.1 Å². The number of piperazine rings is 1. The van der Waals surface area contributed by atoms with Gasteiger partial charge in [-0.2, -0.15) is 0 Å². The Labute approximate surface area is 171 Å². The quantitative estimate of drug-likeness (QED) is 0.752. The largest absolute Gasteiger partial charge is 0.375 e. The van der Waals surface area contributed by atoms with Crippen molar-refractivity contribution in [2.75, 3.05) is 53.0 Å². The molecular weight excluding hydrogens is 372 g/mol. The van der Waals surface area contributed by atoms with Crippen LogP contribution in [0.2, 0.25) is 0 Å². The lowest BCUT2D eigenvalue weighted by atomic mass is 9.89. The van der Waals surface area contributed by atoms with Crippen LogP contribution in [-0.4, -0.2) is 90.4 Å². The second-order valence-electron chi connectivity index (χ2n) is 7.77. The van der Waals surface area contributed by atoms with Gasteiger partial charge in [-0.15, -0.1) is 0 Å². The molecule has 0 saturated carbocycles. The van der Waals surface area contributed by atoms with E-state index in [1.54, 1.807) is 11.8 Å². The lowest BCUT2D eigenvalue weighted by molar-refractivity contribution is -0.136. The van der Waals surface area contributed by atoms with E-state index in [2.05, 4.69) is 0 Å². The number of likely N-dealkylation sites (tertiary alicyclic amines) is 1. The van der Waals surface area contributed by atoms with Crippen molar-refractivity contribution >= 4 is 17.7 Å². The molecule has 3 rings (SSSR count). The van der Waals surface area contributed by atoms with Crippen LogP contribution in [0, 0.1) is 6.92 Å². The zero-order valence-corrected chi connectivity index (χ0v) is 17.5. The fraction of sp³-hybridized carbons (Fsp3) is 0.619. The Bertz CT molecular complexity index is 766. The molecule has 2 aliphatic rings. The van der Waals surface area contributed by atoms with Crippen molar-refractivity contribution in [3.8, 4) is 0 Å². The molecule has 0 aromatic carbocycles. The van der Waals surface area contributed by atoms with E-state index in [1.165, 1.54) is 7.11 Å². The smallest absolute Gasteiger partial charge is 0.255 e. The van der Waals surface area contributed by atoms with Crippen molar-refractivity contribution in [3.63, 3.8) is 0 Å². The predicted molar refractivity (Wildman–Crippen MR) is 108 cm³/mol. The molecule has 2 saturated heterocycles. The first-order valence-electron chi connectivity index (χ1n) is 10.2. The molecule has 0 unspecified atom stereocenters. The van der Waals surface area contributed by atoms with E-state index >= 15 is 0 Å². The summed E-state index contributed by atoms with van der Waals surface area (Å²) in [5.41, 5.74) is 2.37. The molecular formula is C21H30N4O4. The molecule has 0 bridgehead atoms. The zero-order chi connectivity index (χ0) is 21.0. The SMILES string of the molecule is COCC(=O)N1CCC(c2nc(C)ccc2C(=O)N2CCN(C(C)=O)CC2)CC1. The highest BCUT2D eigenvalue weighted by Gasteiger charge is 2.30. The third-order valence-corrected chi connectivity index (χ3v) is 5.81. The van der Waals surface area contributed by atoms with Gasteiger partial charge in [0.05, 0.1) is 11.3 Å². The first kappa shape index (κ1) is 21.2. The summed E-state index contributed by atoms with van der Waals surface area (Å²) < 4.78 is 4.95. The van der Waals surface area contributed by atoms with Gasteiger partial charge in [-0.1, -0.05) is 0 Å². The first-order chi connectivity index (χ1) is 13.9. The number of amides is 3. The summed E-state index contributed by atoms with van der Waals surface area (Å²) in [7, 11) is 1.52. The minimum atomic E-state index is -0.0198. The van der Waals surface area contributed by atoms with Crippen molar-refractivity contribution < 1.29 is 19.1 Å². The normalized spacial score (nSPS) is 18.1. The van der Waals surface area contributed by atoms with Gasteiger partial charge in [-0.25, -0.2) is 0 Å². The number of piperidine rings is 1. The fourth-order valence-electron chi connectivity index (χ4n) is 4.08. The van der Waals surface area contributed by atoms with E-state index in [4.69, 9.17) is 9.72 Å². The Morgan fingerprint density at radius 2 is 1.62 bits per heavy atom. The van der Waals surface area contributed by atoms with Gasteiger partial charge in [0.25, 0.3) is 5.91 Å². The molecule has 0 N–H and O–H groups in total. The first-order valence-corrected chi connectivity index (χ1v) is 10.2. The lowest BCUT2D eigenvalue weighted by Crippen LogP contribution is -2.50. The maximum Gasteiger partial charge on any atom is 0.255 e. The van der Waals surface area contributed by atoms with E-state index in [1.807, 2.05) is 28.9 Å². The van der Waals surface area contributed by atoms with Crippen molar-refractivity contribution in [1.82, 2.24) is 19.7 Å². The molecule has 0 spiro atoms. The van der Waals surface area contributed by atoms with E-state index in [9.17, 15) is 14.4 Å². The average molecular weight is 402 g/mol. The summed E-state index contributed by atoms with van der Waals surface area (Å²) in [6.45, 7) is 7.09. The number of aromatic nitrogens is 1. The molecule has 2 aliphatic heterocycles. The van der Waals surface area contributed by atoms with E-state index in [0.29, 0.717) is 44.8 Å². The molecule has 3 heterocycles. The van der Waals surface area contributed by atoms with Crippen LogP contribution in [0.4, 0.5) is 0 Å². The summed E-state index contributed by atoms with van der Waals surface area (Å²) in [4.78, 5) is 46.9. The van der Waals surface area contributed by atoms with Crippen molar-refractivity contribution in [3.05, 3.63) is 29.1 Å². The minimum absolute atomic E-state index is 0.00259. The Balaban J connectivity index is 1.71. The molecule has 8 nitrogen and oxygen atoms in total. The third-order valence-electron chi connectivity index (χ3n) is 5.81. The number of hydrogen-bond donors (Lipinski definition) is 0. The van der Waals surface area contributed by atoms with Crippen LogP contribution in [0.3, 0.4) is 0 Å². The second-order valence-corrected chi connectivity index (χ2v) is 7.77. The number of carbonyl (C=O) groups is 3. The van der Waals surface area contributed by atoms with Gasteiger partial charge in [0.1, 0.15) is 6.61 Å². The maximum absolute atomic E-state index is 13.2. The third kappa shape index (κ3) is 4.93. The number of hydrogen-bond acceptors (Lipinski definition) is 5. The van der Waals surface area contributed by atoms with E-state index < -0.39 is 0 Å². The van der Waals surface area contributed by atoms with Gasteiger partial charge < -0.3 is 19.4 Å². The molecule has 0 radical (unpaired) electrons. The van der Waals surface area contributed by atoms with Crippen LogP contribution in [0.5, 0.6) is 0 Å². The zero-order valence-electron chi connectivity index (χ0n) is 17.5. The molecule has 3 amide bonds. The van der Waals surface area contributed by atoms with Crippen LogP contribution < -0.4 is 0 Å². The maximum atomic E-state index is 13.2. The van der Waals surface area contributed by atoms with Gasteiger partial charge in [0.15, 0.2) is 0 Å². The molecule has 1 aromatic rings. The lowest BCUT2D eigenvalue weighted by Gasteiger charge is -2.35. The van der Waals surface area contributed by atoms with Crippen molar-refractivity contribution in [2.45, 2.75) is 32.6 Å². The Hall–Kier alpha value is -2.48. The molecule has 8 heteroatoms. The molecule has 1 aromatic heterocycles. The van der Waals surface area contributed by atoms with Crippen molar-refractivity contribution in [2.24, 2.45) is 0 Å². The fourth-order valence-corrected chi connectivity index (χ4v) is 4.08. The molecule has 158 valence electrons. The summed E-state index contributed by atoms with van der Waals surface area (Å²) in [5.74, 6) is 0.180. The van der Waals surface area contributed by atoms with Gasteiger partial charge in [-0.05, 0) is 31.9 Å². The summed E-state index contributed by atoms with van der Waals surface area (Å²) >= 11 is 0. The molecule has 29 heavy (non-hydrogen) atoms. The highest BCUT2D eigenvalue weighted by atomic mass is 16.5. The molecule has 0 atom stereocenters. The number of carbonyl (C=O) groups excluding carboxylic acids is 3. The number of aryl methyl sites for hydroxylation is 1. The molecule has 2 fully saturated rings. The Morgan fingerprint density at radius 1 is 1.00 bits per heavy atom. The summed E-state index contributed by atoms with van der Waals surface area (Å²) in [6.07, 6.45) is 1.56. The van der Waals surface area contributed by atoms with Gasteiger partial charge >= 0.3 is 0 Å². The average Bonchev–Trinajstić information content (AvgIpc) is 2.73. The van der Waals surface area contributed by atoms with Crippen LogP contribution in [0.15, 0.2) is 12.1 Å². The molecule has 0 aliphatic carbocycles. The highest BCUT2D eigenvalue weighted by molar-refractivity contribution is 5.95. The number of nitrogens with zero attached hydrogens (tertiary/aromatic N) is 4. The monoisotopic (exact) mass is 402 g/mol.